The lowest BCUT2D eigenvalue weighted by Gasteiger charge is -2.37. The number of aliphatic hydroxyl groups excluding tert-OH is 1. The summed E-state index contributed by atoms with van der Waals surface area (Å²) in [5, 5.41) is 12.4. The molecule has 2 atom stereocenters. The van der Waals surface area contributed by atoms with Gasteiger partial charge in [-0.2, -0.15) is 0 Å². The van der Waals surface area contributed by atoms with Crippen LogP contribution in [0.5, 0.6) is 5.75 Å². The van der Waals surface area contributed by atoms with Crippen LogP contribution in [0.1, 0.15) is 29.8 Å². The molecule has 0 saturated heterocycles. The van der Waals surface area contributed by atoms with Crippen molar-refractivity contribution in [1.82, 2.24) is 9.80 Å². The van der Waals surface area contributed by atoms with Gasteiger partial charge in [0.1, 0.15) is 18.2 Å². The third-order valence-electron chi connectivity index (χ3n) is 5.78. The van der Waals surface area contributed by atoms with E-state index in [2.05, 4.69) is 0 Å². The Labute approximate surface area is 205 Å². The minimum atomic E-state index is -0.674. The Morgan fingerprint density at radius 2 is 2.24 bits per heavy atom. The van der Waals surface area contributed by atoms with Gasteiger partial charge in [0, 0.05) is 50.9 Å². The summed E-state index contributed by atoms with van der Waals surface area (Å²) < 4.78 is 30.0. The van der Waals surface area contributed by atoms with Gasteiger partial charge in [-0.1, -0.05) is 6.07 Å². The van der Waals surface area contributed by atoms with Gasteiger partial charge in [0.05, 0.1) is 25.3 Å². The highest BCUT2D eigenvalue weighted by atomic mass is 32.1. The summed E-state index contributed by atoms with van der Waals surface area (Å²) in [6.07, 6.45) is 0.879. The maximum absolute atomic E-state index is 13.6. The average Bonchev–Trinajstić information content (AvgIpc) is 3.30. The number of fused-ring (bicyclic) bond motifs is 1. The van der Waals surface area contributed by atoms with E-state index in [-0.39, 0.29) is 37.5 Å². The zero-order valence-corrected chi connectivity index (χ0v) is 20.8. The van der Waals surface area contributed by atoms with Crippen LogP contribution >= 0.6 is 11.3 Å². The number of thiophene rings is 1. The molecular formula is C25H35FN2O5S. The Morgan fingerprint density at radius 1 is 1.38 bits per heavy atom. The molecule has 34 heavy (non-hydrogen) atoms. The number of carbonyl (C=O) groups excluding carboxylic acids is 1. The van der Waals surface area contributed by atoms with Crippen molar-refractivity contribution in [3.05, 3.63) is 52.0 Å². The second kappa shape index (κ2) is 13.7. The standard InChI is InChI=1S/C25H35FN2O5S/c1-3-32-17-20(29)15-27(10-5-12-31-2)16-25(30)28-11-8-24-22(9-13-34-24)23(28)18-33-21-7-4-6-19(26)14-21/h4,6-7,9,13-14,20,23,29H,3,5,8,10-12,15-18H2,1-2H3/t20-,23-/m0/s1. The third kappa shape index (κ3) is 7.74. The maximum atomic E-state index is 13.6. The SMILES string of the molecule is CCOC[C@@H](O)CN(CCCOC)CC(=O)N1CCc2sccc2[C@@H]1COc1cccc(F)c1. The zero-order chi connectivity index (χ0) is 24.3. The number of halogens is 1. The van der Waals surface area contributed by atoms with Crippen molar-refractivity contribution in [1.29, 1.82) is 0 Å². The molecule has 0 fully saturated rings. The maximum Gasteiger partial charge on any atom is 0.237 e. The van der Waals surface area contributed by atoms with Crippen LogP contribution in [-0.2, 0) is 20.7 Å². The van der Waals surface area contributed by atoms with E-state index in [1.165, 1.54) is 17.0 Å². The van der Waals surface area contributed by atoms with Gasteiger partial charge in [-0.15, -0.1) is 11.3 Å². The van der Waals surface area contributed by atoms with Crippen molar-refractivity contribution in [3.63, 3.8) is 0 Å². The van der Waals surface area contributed by atoms with Crippen LogP contribution in [0.4, 0.5) is 4.39 Å². The lowest BCUT2D eigenvalue weighted by atomic mass is 10.0. The van der Waals surface area contributed by atoms with Crippen LogP contribution in [0.2, 0.25) is 0 Å². The lowest BCUT2D eigenvalue weighted by Crippen LogP contribution is -2.48. The van der Waals surface area contributed by atoms with Gasteiger partial charge >= 0.3 is 0 Å². The zero-order valence-electron chi connectivity index (χ0n) is 20.0. The number of rotatable bonds is 14. The second-order valence-electron chi connectivity index (χ2n) is 8.32. The largest absolute Gasteiger partial charge is 0.491 e. The van der Waals surface area contributed by atoms with Crippen LogP contribution in [0.3, 0.4) is 0 Å². The van der Waals surface area contributed by atoms with Crippen LogP contribution in [0.15, 0.2) is 35.7 Å². The summed E-state index contributed by atoms with van der Waals surface area (Å²) in [4.78, 5) is 18.5. The molecule has 2 aromatic rings. The van der Waals surface area contributed by atoms with E-state index in [4.69, 9.17) is 14.2 Å². The van der Waals surface area contributed by atoms with Crippen LogP contribution in [0.25, 0.3) is 0 Å². The van der Waals surface area contributed by atoms with Gasteiger partial charge in [0.2, 0.25) is 5.91 Å². The molecule has 1 aliphatic rings. The predicted molar refractivity (Wildman–Crippen MR) is 130 cm³/mol. The summed E-state index contributed by atoms with van der Waals surface area (Å²) in [6.45, 7) is 5.23. The Balaban J connectivity index is 1.69. The van der Waals surface area contributed by atoms with E-state index in [9.17, 15) is 14.3 Å². The minimum Gasteiger partial charge on any atom is -0.491 e. The molecule has 1 aromatic carbocycles. The number of aliphatic hydroxyl groups is 1. The normalized spacial score (nSPS) is 16.5. The van der Waals surface area contributed by atoms with E-state index in [1.807, 2.05) is 28.2 Å². The van der Waals surface area contributed by atoms with Gasteiger partial charge < -0.3 is 24.2 Å². The number of benzene rings is 1. The molecule has 0 spiro atoms. The number of ether oxygens (including phenoxy) is 3. The second-order valence-corrected chi connectivity index (χ2v) is 9.32. The first-order valence-corrected chi connectivity index (χ1v) is 12.6. The van der Waals surface area contributed by atoms with Gasteiger partial charge in [-0.3, -0.25) is 9.69 Å². The molecule has 7 nitrogen and oxygen atoms in total. The Kier molecular flexibility index (Phi) is 10.7. The fraction of sp³-hybridized carbons (Fsp3) is 0.560. The minimum absolute atomic E-state index is 0.0225. The third-order valence-corrected chi connectivity index (χ3v) is 6.78. The smallest absolute Gasteiger partial charge is 0.237 e. The highest BCUT2D eigenvalue weighted by Gasteiger charge is 2.33. The van der Waals surface area contributed by atoms with Gasteiger partial charge in [-0.05, 0) is 48.9 Å². The number of methoxy groups -OCH3 is 1. The van der Waals surface area contributed by atoms with Crippen molar-refractivity contribution in [2.75, 3.05) is 59.7 Å². The van der Waals surface area contributed by atoms with Crippen molar-refractivity contribution in [2.24, 2.45) is 0 Å². The Hall–Kier alpha value is -2.04. The molecule has 1 amide bonds. The quantitative estimate of drug-likeness (QED) is 0.407. The van der Waals surface area contributed by atoms with Crippen LogP contribution < -0.4 is 4.74 Å². The van der Waals surface area contributed by atoms with Crippen molar-refractivity contribution in [2.45, 2.75) is 31.9 Å². The number of hydrogen-bond acceptors (Lipinski definition) is 7. The van der Waals surface area contributed by atoms with Gasteiger partial charge in [0.15, 0.2) is 0 Å². The van der Waals surface area contributed by atoms with Gasteiger partial charge in [0.25, 0.3) is 0 Å². The molecule has 0 bridgehead atoms. The summed E-state index contributed by atoms with van der Waals surface area (Å²) in [7, 11) is 1.65. The van der Waals surface area contributed by atoms with Crippen molar-refractivity contribution in [3.8, 4) is 5.75 Å². The predicted octanol–water partition coefficient (Wildman–Crippen LogP) is 3.13. The number of hydrogen-bond donors (Lipinski definition) is 1. The first-order chi connectivity index (χ1) is 16.5. The van der Waals surface area contributed by atoms with Gasteiger partial charge in [-0.25, -0.2) is 4.39 Å². The molecule has 1 N–H and O–H groups in total. The number of amides is 1. The Morgan fingerprint density at radius 3 is 3.00 bits per heavy atom. The molecule has 0 radical (unpaired) electrons. The average molecular weight is 495 g/mol. The Bertz CT molecular complexity index is 896. The van der Waals surface area contributed by atoms with Crippen molar-refractivity contribution >= 4 is 17.2 Å². The first kappa shape index (κ1) is 26.6. The first-order valence-electron chi connectivity index (χ1n) is 11.7. The number of nitrogens with zero attached hydrogens (tertiary/aromatic N) is 2. The summed E-state index contributed by atoms with van der Waals surface area (Å²) in [5.41, 5.74) is 1.09. The van der Waals surface area contributed by atoms with E-state index < -0.39 is 6.10 Å². The highest BCUT2D eigenvalue weighted by molar-refractivity contribution is 7.10. The highest BCUT2D eigenvalue weighted by Crippen LogP contribution is 2.34. The summed E-state index contributed by atoms with van der Waals surface area (Å²) in [5.74, 6) is 0.0586. The fourth-order valence-corrected chi connectivity index (χ4v) is 5.09. The molecular weight excluding hydrogens is 459 g/mol. The van der Waals surface area contributed by atoms with Crippen LogP contribution in [-0.4, -0.2) is 86.6 Å². The monoisotopic (exact) mass is 494 g/mol. The van der Waals surface area contributed by atoms with Crippen LogP contribution in [0, 0.1) is 5.82 Å². The molecule has 0 aliphatic carbocycles. The number of carbonyl (C=O) groups is 1. The fourth-order valence-electron chi connectivity index (χ4n) is 4.16. The molecule has 1 aliphatic heterocycles. The lowest BCUT2D eigenvalue weighted by molar-refractivity contribution is -0.136. The molecule has 3 rings (SSSR count). The van der Waals surface area contributed by atoms with E-state index in [0.717, 1.165) is 18.4 Å². The summed E-state index contributed by atoms with van der Waals surface area (Å²) in [6, 6.07) is 7.83. The molecule has 0 saturated carbocycles. The molecule has 1 aromatic heterocycles. The van der Waals surface area contributed by atoms with E-state index in [0.29, 0.717) is 38.6 Å². The summed E-state index contributed by atoms with van der Waals surface area (Å²) >= 11 is 1.69. The van der Waals surface area contributed by atoms with E-state index in [1.54, 1.807) is 30.6 Å². The molecule has 0 unspecified atom stereocenters. The molecule has 2 heterocycles. The van der Waals surface area contributed by atoms with Crippen molar-refractivity contribution < 1.29 is 28.5 Å². The van der Waals surface area contributed by atoms with E-state index >= 15 is 0 Å². The topological polar surface area (TPSA) is 71.5 Å². The molecule has 9 heteroatoms. The molecule has 188 valence electrons.